The standard InChI is InChI=1S/C24H26N2O2/c1-19-11-8-9-16-22(19)28-18-10-17-25-24(27)26-23(20-12-4-2-5-13-20)21-14-6-3-7-15-21/h2-9,11-16,23H,10,17-18H2,1H3,(H2,25,26,27). The molecule has 0 saturated carbocycles. The summed E-state index contributed by atoms with van der Waals surface area (Å²) in [6.45, 7) is 3.13. The first kappa shape index (κ1) is 19.5. The molecule has 0 spiro atoms. The van der Waals surface area contributed by atoms with Gasteiger partial charge in [-0.25, -0.2) is 4.79 Å². The molecule has 2 N–H and O–H groups in total. The van der Waals surface area contributed by atoms with Gasteiger partial charge < -0.3 is 15.4 Å². The lowest BCUT2D eigenvalue weighted by atomic mass is 9.99. The Balaban J connectivity index is 1.50. The van der Waals surface area contributed by atoms with Gasteiger partial charge in [-0.3, -0.25) is 0 Å². The lowest BCUT2D eigenvalue weighted by Crippen LogP contribution is -2.39. The third kappa shape index (κ3) is 5.61. The molecule has 0 unspecified atom stereocenters. The van der Waals surface area contributed by atoms with E-state index < -0.39 is 0 Å². The first-order valence-electron chi connectivity index (χ1n) is 9.57. The number of urea groups is 1. The molecule has 0 aliphatic heterocycles. The average Bonchev–Trinajstić information content (AvgIpc) is 2.74. The highest BCUT2D eigenvalue weighted by Gasteiger charge is 2.16. The molecule has 0 aliphatic rings. The van der Waals surface area contributed by atoms with E-state index >= 15 is 0 Å². The number of hydrogen-bond donors (Lipinski definition) is 2. The summed E-state index contributed by atoms with van der Waals surface area (Å²) < 4.78 is 5.77. The van der Waals surface area contributed by atoms with Crippen molar-refractivity contribution >= 4 is 6.03 Å². The molecule has 0 saturated heterocycles. The van der Waals surface area contributed by atoms with Crippen LogP contribution >= 0.6 is 0 Å². The van der Waals surface area contributed by atoms with Gasteiger partial charge in [-0.2, -0.15) is 0 Å². The van der Waals surface area contributed by atoms with E-state index in [0.29, 0.717) is 13.2 Å². The topological polar surface area (TPSA) is 50.4 Å². The number of carbonyl (C=O) groups excluding carboxylic acids is 1. The van der Waals surface area contributed by atoms with Gasteiger partial charge >= 0.3 is 6.03 Å². The number of amides is 2. The van der Waals surface area contributed by atoms with E-state index in [2.05, 4.69) is 10.6 Å². The summed E-state index contributed by atoms with van der Waals surface area (Å²) in [5.74, 6) is 0.889. The molecular weight excluding hydrogens is 348 g/mol. The predicted molar refractivity (Wildman–Crippen MR) is 113 cm³/mol. The second-order valence-electron chi connectivity index (χ2n) is 6.62. The maximum atomic E-state index is 12.4. The van der Waals surface area contributed by atoms with Crippen molar-refractivity contribution in [1.29, 1.82) is 0 Å². The van der Waals surface area contributed by atoms with Crippen molar-refractivity contribution < 1.29 is 9.53 Å². The van der Waals surface area contributed by atoms with Crippen LogP contribution in [0.5, 0.6) is 5.75 Å². The number of rotatable bonds is 8. The Labute approximate surface area is 166 Å². The normalized spacial score (nSPS) is 10.5. The van der Waals surface area contributed by atoms with Crippen LogP contribution in [0, 0.1) is 6.92 Å². The Bertz CT molecular complexity index is 827. The largest absolute Gasteiger partial charge is 0.493 e. The minimum absolute atomic E-state index is 0.186. The van der Waals surface area contributed by atoms with Crippen molar-refractivity contribution in [2.24, 2.45) is 0 Å². The summed E-state index contributed by atoms with van der Waals surface area (Å²) in [4.78, 5) is 12.4. The van der Waals surface area contributed by atoms with Crippen molar-refractivity contribution in [3.8, 4) is 5.75 Å². The Kier molecular flexibility index (Phi) is 7.08. The van der Waals surface area contributed by atoms with Crippen LogP contribution in [0.3, 0.4) is 0 Å². The molecule has 3 aromatic carbocycles. The first-order chi connectivity index (χ1) is 13.7. The monoisotopic (exact) mass is 374 g/mol. The van der Waals surface area contributed by atoms with Crippen LogP contribution in [0.15, 0.2) is 84.9 Å². The average molecular weight is 374 g/mol. The molecule has 28 heavy (non-hydrogen) atoms. The van der Waals surface area contributed by atoms with Crippen LogP contribution in [-0.2, 0) is 0 Å². The van der Waals surface area contributed by atoms with Crippen molar-refractivity contribution in [2.45, 2.75) is 19.4 Å². The molecule has 0 fully saturated rings. The van der Waals surface area contributed by atoms with Gasteiger partial charge in [0.2, 0.25) is 0 Å². The molecule has 0 radical (unpaired) electrons. The zero-order valence-electron chi connectivity index (χ0n) is 16.1. The Morgan fingerprint density at radius 1 is 0.857 bits per heavy atom. The fourth-order valence-corrected chi connectivity index (χ4v) is 3.01. The highest BCUT2D eigenvalue weighted by atomic mass is 16.5. The number of benzene rings is 3. The van der Waals surface area contributed by atoms with Gasteiger partial charge in [-0.05, 0) is 36.1 Å². The second kappa shape index (κ2) is 10.2. The Hall–Kier alpha value is -3.27. The van der Waals surface area contributed by atoms with Gasteiger partial charge in [0.15, 0.2) is 0 Å². The minimum atomic E-state index is -0.189. The minimum Gasteiger partial charge on any atom is -0.493 e. The second-order valence-corrected chi connectivity index (χ2v) is 6.62. The number of para-hydroxylation sites is 1. The van der Waals surface area contributed by atoms with Crippen LogP contribution in [0.4, 0.5) is 4.79 Å². The summed E-state index contributed by atoms with van der Waals surface area (Å²) in [6, 6.07) is 27.5. The van der Waals surface area contributed by atoms with Crippen LogP contribution < -0.4 is 15.4 Å². The summed E-state index contributed by atoms with van der Waals surface area (Å²) in [6.07, 6.45) is 0.739. The van der Waals surface area contributed by atoms with Crippen molar-refractivity contribution in [2.75, 3.05) is 13.2 Å². The van der Waals surface area contributed by atoms with Crippen LogP contribution in [-0.4, -0.2) is 19.2 Å². The van der Waals surface area contributed by atoms with E-state index in [1.807, 2.05) is 91.9 Å². The maximum absolute atomic E-state index is 12.4. The molecule has 0 atom stereocenters. The maximum Gasteiger partial charge on any atom is 0.315 e. The van der Waals surface area contributed by atoms with Gasteiger partial charge in [0.05, 0.1) is 12.6 Å². The molecule has 0 aromatic heterocycles. The molecule has 2 amide bonds. The van der Waals surface area contributed by atoms with Gasteiger partial charge in [0.1, 0.15) is 5.75 Å². The van der Waals surface area contributed by atoms with Gasteiger partial charge in [0, 0.05) is 6.54 Å². The van der Waals surface area contributed by atoms with E-state index in [4.69, 9.17) is 4.74 Å². The quantitative estimate of drug-likeness (QED) is 0.554. The van der Waals surface area contributed by atoms with Gasteiger partial charge in [0.25, 0.3) is 0 Å². The third-order valence-electron chi connectivity index (χ3n) is 4.50. The Morgan fingerprint density at radius 3 is 2.04 bits per heavy atom. The molecule has 4 heteroatoms. The molecular formula is C24H26N2O2. The van der Waals surface area contributed by atoms with E-state index in [1.54, 1.807) is 0 Å². The van der Waals surface area contributed by atoms with Crippen LogP contribution in [0.1, 0.15) is 29.2 Å². The number of carbonyl (C=O) groups is 1. The van der Waals surface area contributed by atoms with E-state index in [0.717, 1.165) is 28.9 Å². The Morgan fingerprint density at radius 2 is 1.43 bits per heavy atom. The van der Waals surface area contributed by atoms with E-state index in [1.165, 1.54) is 0 Å². The highest BCUT2D eigenvalue weighted by Crippen LogP contribution is 2.21. The number of aryl methyl sites for hydroxylation is 1. The van der Waals surface area contributed by atoms with Crippen molar-refractivity contribution in [3.05, 3.63) is 102 Å². The number of hydrogen-bond acceptors (Lipinski definition) is 2. The van der Waals surface area contributed by atoms with Crippen molar-refractivity contribution in [1.82, 2.24) is 10.6 Å². The first-order valence-corrected chi connectivity index (χ1v) is 9.57. The van der Waals surface area contributed by atoms with Gasteiger partial charge in [-0.1, -0.05) is 78.9 Å². The third-order valence-corrected chi connectivity index (χ3v) is 4.50. The summed E-state index contributed by atoms with van der Waals surface area (Å²) in [7, 11) is 0. The zero-order valence-corrected chi connectivity index (χ0v) is 16.1. The molecule has 0 bridgehead atoms. The van der Waals surface area contributed by atoms with Crippen LogP contribution in [0.2, 0.25) is 0 Å². The molecule has 3 rings (SSSR count). The van der Waals surface area contributed by atoms with Gasteiger partial charge in [-0.15, -0.1) is 0 Å². The summed E-state index contributed by atoms with van der Waals surface area (Å²) in [5, 5.41) is 6.00. The SMILES string of the molecule is Cc1ccccc1OCCCNC(=O)NC(c1ccccc1)c1ccccc1. The van der Waals surface area contributed by atoms with E-state index in [-0.39, 0.29) is 12.1 Å². The molecule has 0 aliphatic carbocycles. The molecule has 4 nitrogen and oxygen atoms in total. The molecule has 144 valence electrons. The van der Waals surface area contributed by atoms with Crippen molar-refractivity contribution in [3.63, 3.8) is 0 Å². The predicted octanol–water partition coefficient (Wildman–Crippen LogP) is 4.85. The summed E-state index contributed by atoms with van der Waals surface area (Å²) in [5.41, 5.74) is 3.21. The fourth-order valence-electron chi connectivity index (χ4n) is 3.01. The van der Waals surface area contributed by atoms with E-state index in [9.17, 15) is 4.79 Å². The molecule has 3 aromatic rings. The number of nitrogens with one attached hydrogen (secondary N) is 2. The fraction of sp³-hybridized carbons (Fsp3) is 0.208. The smallest absolute Gasteiger partial charge is 0.315 e. The summed E-state index contributed by atoms with van der Waals surface area (Å²) >= 11 is 0. The lowest BCUT2D eigenvalue weighted by molar-refractivity contribution is 0.237. The van der Waals surface area contributed by atoms with Crippen LogP contribution in [0.25, 0.3) is 0 Å². The lowest BCUT2D eigenvalue weighted by Gasteiger charge is -2.20. The molecule has 0 heterocycles. The zero-order chi connectivity index (χ0) is 19.6. The number of ether oxygens (including phenoxy) is 1. The highest BCUT2D eigenvalue weighted by molar-refractivity contribution is 5.75.